The summed E-state index contributed by atoms with van der Waals surface area (Å²) in [6.45, 7) is 2.00. The van der Waals surface area contributed by atoms with Crippen molar-refractivity contribution in [2.24, 2.45) is 12.0 Å². The predicted octanol–water partition coefficient (Wildman–Crippen LogP) is 5.29. The number of benzene rings is 1. The van der Waals surface area contributed by atoms with E-state index in [0.29, 0.717) is 11.4 Å². The summed E-state index contributed by atoms with van der Waals surface area (Å²) in [7, 11) is 1.89. The lowest BCUT2D eigenvalue weighted by Gasteiger charge is -2.15. The molecule has 0 spiro atoms. The van der Waals surface area contributed by atoms with Gasteiger partial charge in [-0.15, -0.1) is 0 Å². The molecular formula is C27H25ClF3N5O2. The molecule has 2 amide bonds. The number of hydrogen-bond donors (Lipinski definition) is 2. The Labute approximate surface area is 222 Å². The van der Waals surface area contributed by atoms with E-state index in [-0.39, 0.29) is 23.5 Å². The maximum Gasteiger partial charge on any atom is 0.281 e. The van der Waals surface area contributed by atoms with Crippen LogP contribution in [-0.4, -0.2) is 33.2 Å². The molecule has 1 aliphatic heterocycles. The number of alkyl halides is 3. The molecule has 198 valence electrons. The fraction of sp³-hybridized carbons (Fsp3) is 0.259. The van der Waals surface area contributed by atoms with E-state index in [4.69, 9.17) is 11.6 Å². The number of pyridine rings is 1. The van der Waals surface area contributed by atoms with Gasteiger partial charge in [0.25, 0.3) is 18.2 Å². The van der Waals surface area contributed by atoms with Crippen LogP contribution in [0.5, 0.6) is 0 Å². The van der Waals surface area contributed by atoms with E-state index in [1.807, 2.05) is 35.9 Å². The van der Waals surface area contributed by atoms with E-state index < -0.39 is 29.6 Å². The Morgan fingerprint density at radius 1 is 1.21 bits per heavy atom. The molecule has 0 unspecified atom stereocenters. The van der Waals surface area contributed by atoms with Gasteiger partial charge in [-0.2, -0.15) is 0 Å². The Morgan fingerprint density at radius 2 is 1.97 bits per heavy atom. The van der Waals surface area contributed by atoms with Crippen LogP contribution in [0.1, 0.15) is 53.1 Å². The first-order valence-corrected chi connectivity index (χ1v) is 12.1. The molecule has 3 aromatic rings. The van der Waals surface area contributed by atoms with E-state index in [1.165, 1.54) is 6.07 Å². The van der Waals surface area contributed by atoms with Crippen molar-refractivity contribution in [1.82, 2.24) is 20.2 Å². The molecule has 0 atom stereocenters. The zero-order valence-electron chi connectivity index (χ0n) is 20.9. The third-order valence-electron chi connectivity index (χ3n) is 5.99. The molecule has 0 saturated heterocycles. The molecule has 0 aliphatic carbocycles. The van der Waals surface area contributed by atoms with Crippen molar-refractivity contribution in [3.63, 3.8) is 0 Å². The van der Waals surface area contributed by atoms with Gasteiger partial charge >= 0.3 is 0 Å². The molecule has 2 N–H and O–H groups in total. The predicted molar refractivity (Wildman–Crippen MR) is 139 cm³/mol. The number of amides is 2. The average molecular weight is 544 g/mol. The van der Waals surface area contributed by atoms with Gasteiger partial charge in [-0.3, -0.25) is 14.6 Å². The Hall–Kier alpha value is -3.92. The van der Waals surface area contributed by atoms with Crippen LogP contribution in [0.4, 0.5) is 13.2 Å². The van der Waals surface area contributed by atoms with Gasteiger partial charge in [-0.25, -0.2) is 18.2 Å². The largest absolute Gasteiger partial charge is 0.349 e. The van der Waals surface area contributed by atoms with Crippen LogP contribution in [0.15, 0.2) is 59.5 Å². The number of hydrogen-bond acceptors (Lipinski definition) is 4. The van der Waals surface area contributed by atoms with E-state index in [2.05, 4.69) is 20.6 Å². The number of allylic oxidation sites excluding steroid dienone is 1. The standard InChI is InChI=1S/C27H25ClF3N5O2/c1-27(2,31)26(38)34-13-15-9-19(23(24(29)30)33-12-15)25(37)35-22-8-7-17-11-20(36(3)21(17)14-32-22)16-5-4-6-18(28)10-16/h4-6,8-12,14,24H,7,13H2,1-3H3,(H,34,38)(H,35,37). The van der Waals surface area contributed by atoms with Gasteiger partial charge in [0, 0.05) is 30.5 Å². The maximum atomic E-state index is 13.8. The number of halogens is 4. The normalized spacial score (nSPS) is 13.1. The van der Waals surface area contributed by atoms with Crippen molar-refractivity contribution in [2.75, 3.05) is 0 Å². The minimum atomic E-state index is -3.01. The zero-order valence-corrected chi connectivity index (χ0v) is 21.6. The summed E-state index contributed by atoms with van der Waals surface area (Å²) >= 11 is 6.14. The Bertz CT molecular complexity index is 1460. The topological polar surface area (TPSA) is 88.4 Å². The van der Waals surface area contributed by atoms with Crippen molar-refractivity contribution in [3.8, 4) is 11.3 Å². The van der Waals surface area contributed by atoms with Gasteiger partial charge in [0.2, 0.25) is 0 Å². The quantitative estimate of drug-likeness (QED) is 0.424. The molecule has 0 bridgehead atoms. The van der Waals surface area contributed by atoms with Crippen LogP contribution < -0.4 is 10.6 Å². The van der Waals surface area contributed by atoms with Crippen molar-refractivity contribution < 1.29 is 22.8 Å². The number of carbonyl (C=O) groups excluding carboxylic acids is 2. The second kappa shape index (κ2) is 10.8. The molecule has 38 heavy (non-hydrogen) atoms. The number of fused-ring (bicyclic) bond motifs is 1. The molecule has 2 aromatic heterocycles. The molecule has 3 heterocycles. The smallest absolute Gasteiger partial charge is 0.281 e. The van der Waals surface area contributed by atoms with E-state index in [9.17, 15) is 22.8 Å². The van der Waals surface area contributed by atoms with Gasteiger partial charge in [0.1, 0.15) is 11.5 Å². The zero-order chi connectivity index (χ0) is 27.6. The minimum Gasteiger partial charge on any atom is -0.349 e. The molecule has 0 radical (unpaired) electrons. The summed E-state index contributed by atoms with van der Waals surface area (Å²) < 4.78 is 42.9. The lowest BCUT2D eigenvalue weighted by Crippen LogP contribution is -2.38. The summed E-state index contributed by atoms with van der Waals surface area (Å²) in [6.07, 6.45) is 1.82. The van der Waals surface area contributed by atoms with Crippen molar-refractivity contribution in [3.05, 3.63) is 87.6 Å². The van der Waals surface area contributed by atoms with Crippen molar-refractivity contribution in [2.45, 2.75) is 38.9 Å². The monoisotopic (exact) mass is 543 g/mol. The first kappa shape index (κ1) is 27.1. The molecular weight excluding hydrogens is 519 g/mol. The van der Waals surface area contributed by atoms with Crippen LogP contribution >= 0.6 is 11.6 Å². The van der Waals surface area contributed by atoms with Crippen LogP contribution in [0.3, 0.4) is 0 Å². The van der Waals surface area contributed by atoms with E-state index in [0.717, 1.165) is 42.6 Å². The van der Waals surface area contributed by atoms with Gasteiger partial charge in [-0.05, 0) is 67.3 Å². The lowest BCUT2D eigenvalue weighted by atomic mass is 10.1. The summed E-state index contributed by atoms with van der Waals surface area (Å²) in [4.78, 5) is 32.8. The SMILES string of the molecule is Cn1c(-c2cccc(Cl)c2)cc2c1C=NC(NC(=O)c1cc(CNC(=O)C(C)(C)F)cnc1C(F)F)=CC2. The molecule has 0 saturated carbocycles. The van der Waals surface area contributed by atoms with E-state index in [1.54, 1.807) is 18.4 Å². The fourth-order valence-corrected chi connectivity index (χ4v) is 4.15. The molecule has 7 nitrogen and oxygen atoms in total. The highest BCUT2D eigenvalue weighted by atomic mass is 35.5. The summed E-state index contributed by atoms with van der Waals surface area (Å²) in [5.41, 5.74) is 0.727. The van der Waals surface area contributed by atoms with E-state index >= 15 is 0 Å². The number of aliphatic imine (C=N–C) groups is 1. The summed E-state index contributed by atoms with van der Waals surface area (Å²) in [6, 6.07) is 10.7. The van der Waals surface area contributed by atoms with Gasteiger partial charge in [-0.1, -0.05) is 23.7 Å². The minimum absolute atomic E-state index is 0.186. The van der Waals surface area contributed by atoms with Crippen LogP contribution in [0.25, 0.3) is 11.3 Å². The second-order valence-corrected chi connectivity index (χ2v) is 9.68. The Morgan fingerprint density at radius 3 is 2.66 bits per heavy atom. The maximum absolute atomic E-state index is 13.8. The first-order chi connectivity index (χ1) is 17.9. The number of rotatable bonds is 7. The van der Waals surface area contributed by atoms with Crippen molar-refractivity contribution >= 4 is 29.6 Å². The summed E-state index contributed by atoms with van der Waals surface area (Å²) in [5, 5.41) is 5.54. The average Bonchev–Trinajstić information content (AvgIpc) is 3.04. The third kappa shape index (κ3) is 5.96. The Balaban J connectivity index is 1.53. The second-order valence-electron chi connectivity index (χ2n) is 9.25. The van der Waals surface area contributed by atoms with Crippen molar-refractivity contribution in [1.29, 1.82) is 0 Å². The van der Waals surface area contributed by atoms with Gasteiger partial charge < -0.3 is 15.2 Å². The fourth-order valence-electron chi connectivity index (χ4n) is 3.96. The van der Waals surface area contributed by atoms with Gasteiger partial charge in [0.15, 0.2) is 5.67 Å². The highest BCUT2D eigenvalue weighted by Crippen LogP contribution is 2.28. The molecule has 0 fully saturated rings. The number of nitrogens with zero attached hydrogens (tertiary/aromatic N) is 3. The number of carbonyl (C=O) groups is 2. The van der Waals surface area contributed by atoms with Crippen LogP contribution in [-0.2, 0) is 24.8 Å². The number of aromatic nitrogens is 2. The highest BCUT2D eigenvalue weighted by molar-refractivity contribution is 6.30. The first-order valence-electron chi connectivity index (χ1n) is 11.7. The summed E-state index contributed by atoms with van der Waals surface area (Å²) in [5.74, 6) is -1.52. The molecule has 4 rings (SSSR count). The number of nitrogens with one attached hydrogen (secondary N) is 2. The highest BCUT2D eigenvalue weighted by Gasteiger charge is 2.27. The Kier molecular flexibility index (Phi) is 7.73. The molecule has 11 heteroatoms. The van der Waals surface area contributed by atoms with Crippen LogP contribution in [0.2, 0.25) is 5.02 Å². The van der Waals surface area contributed by atoms with Gasteiger partial charge in [0.05, 0.1) is 17.5 Å². The lowest BCUT2D eigenvalue weighted by molar-refractivity contribution is -0.130. The molecule has 1 aromatic carbocycles. The van der Waals surface area contributed by atoms with Crippen LogP contribution in [0, 0.1) is 0 Å². The molecule has 1 aliphatic rings. The third-order valence-corrected chi connectivity index (χ3v) is 6.22.